The van der Waals surface area contributed by atoms with Gasteiger partial charge in [-0.15, -0.1) is 0 Å². The van der Waals surface area contributed by atoms with Crippen LogP contribution in [0, 0.1) is 17.8 Å². The third kappa shape index (κ3) is 4.89. The first kappa shape index (κ1) is 17.8. The van der Waals surface area contributed by atoms with Gasteiger partial charge >= 0.3 is 12.1 Å². The van der Waals surface area contributed by atoms with E-state index in [1.807, 2.05) is 0 Å². The molecule has 0 aromatic carbocycles. The summed E-state index contributed by atoms with van der Waals surface area (Å²) in [5.41, 5.74) is 0. The van der Waals surface area contributed by atoms with E-state index in [9.17, 15) is 22.8 Å². The third-order valence-electron chi connectivity index (χ3n) is 4.28. The van der Waals surface area contributed by atoms with Crippen LogP contribution in [0.5, 0.6) is 0 Å². The van der Waals surface area contributed by atoms with Crippen LogP contribution in [0.2, 0.25) is 0 Å². The molecule has 0 bridgehead atoms. The van der Waals surface area contributed by atoms with Crippen molar-refractivity contribution in [3.05, 3.63) is 0 Å². The summed E-state index contributed by atoms with van der Waals surface area (Å²) in [6.07, 6.45) is -3.22. The SMILES string of the molecule is CC[C@H](C)[C@H](NC(=O)C1CCCC(C(F)(F)F)C1)C(=O)O. The number of aliphatic carboxylic acids is 1. The zero-order valence-electron chi connectivity index (χ0n) is 12.2. The fourth-order valence-corrected chi connectivity index (χ4v) is 2.68. The van der Waals surface area contributed by atoms with E-state index in [-0.39, 0.29) is 18.8 Å². The fourth-order valence-electron chi connectivity index (χ4n) is 2.68. The molecule has 1 fully saturated rings. The van der Waals surface area contributed by atoms with Gasteiger partial charge in [-0.3, -0.25) is 4.79 Å². The van der Waals surface area contributed by atoms with Gasteiger partial charge in [-0.25, -0.2) is 4.79 Å². The largest absolute Gasteiger partial charge is 0.480 e. The van der Waals surface area contributed by atoms with Crippen LogP contribution in [-0.4, -0.2) is 29.2 Å². The summed E-state index contributed by atoms with van der Waals surface area (Å²) in [5, 5.41) is 11.5. The summed E-state index contributed by atoms with van der Waals surface area (Å²) in [4.78, 5) is 23.2. The maximum atomic E-state index is 12.7. The number of amides is 1. The highest BCUT2D eigenvalue weighted by molar-refractivity contribution is 5.85. The quantitative estimate of drug-likeness (QED) is 0.820. The summed E-state index contributed by atoms with van der Waals surface area (Å²) in [6, 6.07) is -1.05. The van der Waals surface area contributed by atoms with Crippen molar-refractivity contribution in [2.75, 3.05) is 0 Å². The lowest BCUT2D eigenvalue weighted by Crippen LogP contribution is -2.48. The predicted octanol–water partition coefficient (Wildman–Crippen LogP) is 2.97. The molecular formula is C14H22F3NO3. The lowest BCUT2D eigenvalue weighted by molar-refractivity contribution is -0.186. The first-order valence-corrected chi connectivity index (χ1v) is 7.26. The molecule has 7 heteroatoms. The lowest BCUT2D eigenvalue weighted by Gasteiger charge is -2.31. The Morgan fingerprint density at radius 3 is 2.43 bits per heavy atom. The number of alkyl halides is 3. The third-order valence-corrected chi connectivity index (χ3v) is 4.28. The molecule has 4 nitrogen and oxygen atoms in total. The van der Waals surface area contributed by atoms with Gasteiger partial charge < -0.3 is 10.4 Å². The van der Waals surface area contributed by atoms with Crippen molar-refractivity contribution in [2.45, 2.75) is 58.2 Å². The van der Waals surface area contributed by atoms with E-state index in [4.69, 9.17) is 5.11 Å². The Morgan fingerprint density at radius 1 is 1.33 bits per heavy atom. The molecule has 2 unspecified atom stereocenters. The second-order valence-electron chi connectivity index (χ2n) is 5.81. The highest BCUT2D eigenvalue weighted by atomic mass is 19.4. The van der Waals surface area contributed by atoms with Crippen molar-refractivity contribution >= 4 is 11.9 Å². The molecule has 1 saturated carbocycles. The minimum Gasteiger partial charge on any atom is -0.480 e. The van der Waals surface area contributed by atoms with Crippen LogP contribution < -0.4 is 5.32 Å². The molecule has 0 aliphatic heterocycles. The monoisotopic (exact) mass is 309 g/mol. The summed E-state index contributed by atoms with van der Waals surface area (Å²) in [6.45, 7) is 3.49. The highest BCUT2D eigenvalue weighted by Crippen LogP contribution is 2.40. The Morgan fingerprint density at radius 2 is 1.95 bits per heavy atom. The number of carbonyl (C=O) groups is 2. The zero-order chi connectivity index (χ0) is 16.2. The van der Waals surface area contributed by atoms with Gasteiger partial charge in [0.05, 0.1) is 5.92 Å². The van der Waals surface area contributed by atoms with Crippen molar-refractivity contribution in [1.29, 1.82) is 0 Å². The fraction of sp³-hybridized carbons (Fsp3) is 0.857. The van der Waals surface area contributed by atoms with Gasteiger partial charge in [0.2, 0.25) is 5.91 Å². The van der Waals surface area contributed by atoms with Crippen LogP contribution in [0.1, 0.15) is 46.0 Å². The van der Waals surface area contributed by atoms with E-state index in [2.05, 4.69) is 5.32 Å². The molecule has 0 radical (unpaired) electrons. The summed E-state index contributed by atoms with van der Waals surface area (Å²) in [7, 11) is 0. The van der Waals surface area contributed by atoms with E-state index in [0.29, 0.717) is 19.3 Å². The van der Waals surface area contributed by atoms with Gasteiger partial charge in [-0.05, 0) is 25.2 Å². The Bertz CT molecular complexity index is 384. The standard InChI is InChI=1S/C14H22F3NO3/c1-3-8(2)11(13(20)21)18-12(19)9-5-4-6-10(7-9)14(15,16)17/h8-11H,3-7H2,1-2H3,(H,18,19)(H,20,21)/t8-,9?,10?,11-/m0/s1. The van der Waals surface area contributed by atoms with Crippen LogP contribution in [0.15, 0.2) is 0 Å². The number of halogens is 3. The lowest BCUT2D eigenvalue weighted by atomic mass is 9.80. The Labute approximate surface area is 122 Å². The van der Waals surface area contributed by atoms with Crippen molar-refractivity contribution < 1.29 is 27.9 Å². The van der Waals surface area contributed by atoms with Crippen LogP contribution in [0.3, 0.4) is 0 Å². The molecule has 0 aromatic rings. The van der Waals surface area contributed by atoms with Gasteiger partial charge in [0.15, 0.2) is 0 Å². The smallest absolute Gasteiger partial charge is 0.391 e. The number of carboxylic acid groups (broad SMARTS) is 1. The number of hydrogen-bond donors (Lipinski definition) is 2. The highest BCUT2D eigenvalue weighted by Gasteiger charge is 2.44. The van der Waals surface area contributed by atoms with Crippen LogP contribution in [-0.2, 0) is 9.59 Å². The second kappa shape index (κ2) is 7.13. The van der Waals surface area contributed by atoms with E-state index in [1.165, 1.54) is 0 Å². The summed E-state index contributed by atoms with van der Waals surface area (Å²) >= 11 is 0. The zero-order valence-corrected chi connectivity index (χ0v) is 12.2. The molecule has 0 heterocycles. The maximum absolute atomic E-state index is 12.7. The molecule has 21 heavy (non-hydrogen) atoms. The van der Waals surface area contributed by atoms with Crippen molar-refractivity contribution in [3.63, 3.8) is 0 Å². The first-order chi connectivity index (χ1) is 9.66. The van der Waals surface area contributed by atoms with Gasteiger partial charge in [0.1, 0.15) is 6.04 Å². The average Bonchev–Trinajstić information content (AvgIpc) is 2.42. The van der Waals surface area contributed by atoms with Crippen molar-refractivity contribution in [1.82, 2.24) is 5.32 Å². The summed E-state index contributed by atoms with van der Waals surface area (Å²) < 4.78 is 38.2. The molecule has 1 rings (SSSR count). The topological polar surface area (TPSA) is 66.4 Å². The summed E-state index contributed by atoms with van der Waals surface area (Å²) in [5.74, 6) is -4.21. The molecule has 1 amide bonds. The number of nitrogens with one attached hydrogen (secondary N) is 1. The minimum atomic E-state index is -4.29. The van der Waals surface area contributed by atoms with Crippen LogP contribution in [0.4, 0.5) is 13.2 Å². The molecule has 122 valence electrons. The molecule has 2 N–H and O–H groups in total. The van der Waals surface area contributed by atoms with Crippen molar-refractivity contribution in [2.24, 2.45) is 17.8 Å². The maximum Gasteiger partial charge on any atom is 0.391 e. The minimum absolute atomic E-state index is 0.0427. The first-order valence-electron chi connectivity index (χ1n) is 7.26. The molecule has 1 aliphatic carbocycles. The van der Waals surface area contributed by atoms with Gasteiger partial charge in [-0.1, -0.05) is 26.7 Å². The Kier molecular flexibility index (Phi) is 6.04. The normalized spacial score (nSPS) is 26.0. The van der Waals surface area contributed by atoms with Gasteiger partial charge in [0.25, 0.3) is 0 Å². The van der Waals surface area contributed by atoms with Crippen LogP contribution in [0.25, 0.3) is 0 Å². The molecule has 4 atom stereocenters. The van der Waals surface area contributed by atoms with E-state index in [1.54, 1.807) is 13.8 Å². The average molecular weight is 309 g/mol. The second-order valence-corrected chi connectivity index (χ2v) is 5.81. The van der Waals surface area contributed by atoms with Gasteiger partial charge in [-0.2, -0.15) is 13.2 Å². The molecule has 0 spiro atoms. The number of hydrogen-bond acceptors (Lipinski definition) is 2. The van der Waals surface area contributed by atoms with Crippen LogP contribution >= 0.6 is 0 Å². The predicted molar refractivity (Wildman–Crippen MR) is 70.5 cm³/mol. The molecule has 0 aromatic heterocycles. The van der Waals surface area contributed by atoms with E-state index < -0.39 is 35.9 Å². The van der Waals surface area contributed by atoms with E-state index in [0.717, 1.165) is 0 Å². The number of rotatable bonds is 5. The molecule has 0 saturated heterocycles. The van der Waals surface area contributed by atoms with E-state index >= 15 is 0 Å². The Hall–Kier alpha value is -1.27. The molecule has 1 aliphatic rings. The molecular weight excluding hydrogens is 287 g/mol. The number of carboxylic acids is 1. The van der Waals surface area contributed by atoms with Crippen molar-refractivity contribution in [3.8, 4) is 0 Å². The Balaban J connectivity index is 2.67. The van der Waals surface area contributed by atoms with Gasteiger partial charge in [0, 0.05) is 5.92 Å². The number of carbonyl (C=O) groups excluding carboxylic acids is 1.